The van der Waals surface area contributed by atoms with Crippen LogP contribution in [0.5, 0.6) is 0 Å². The number of quaternary nitrogens is 1. The molecule has 0 aromatic rings. The second kappa shape index (κ2) is 15.9. The topological polar surface area (TPSA) is 87.0 Å². The minimum Gasteiger partial charge on any atom is -0.387 e. The molecule has 0 saturated heterocycles. The summed E-state index contributed by atoms with van der Waals surface area (Å²) in [6.45, 7) is 3.27. The van der Waals surface area contributed by atoms with Crippen molar-refractivity contribution in [3.8, 4) is 0 Å². The quantitative estimate of drug-likeness (QED) is 0.164. The lowest BCUT2D eigenvalue weighted by Gasteiger charge is -2.31. The van der Waals surface area contributed by atoms with E-state index in [0.717, 1.165) is 12.8 Å². The molecule has 0 saturated carbocycles. The van der Waals surface area contributed by atoms with Gasteiger partial charge in [-0.15, -0.1) is 0 Å². The van der Waals surface area contributed by atoms with Crippen molar-refractivity contribution < 1.29 is 28.5 Å². The Labute approximate surface area is 167 Å². The number of phosphoric ester groups is 1. The van der Waals surface area contributed by atoms with Crippen LogP contribution in [0.2, 0.25) is 0 Å². The first-order valence-electron chi connectivity index (χ1n) is 10.9. The minimum absolute atomic E-state index is 0.0113. The number of hydrogen-bond donors (Lipinski definition) is 3. The van der Waals surface area contributed by atoms with E-state index in [0.29, 0.717) is 17.6 Å². The lowest BCUT2D eigenvalue weighted by atomic mass is 10.0. The normalized spacial score (nSPS) is 13.9. The van der Waals surface area contributed by atoms with E-state index in [1.165, 1.54) is 70.6 Å². The Hall–Kier alpha value is 0.0300. The zero-order valence-corrected chi connectivity index (χ0v) is 18.8. The van der Waals surface area contributed by atoms with Gasteiger partial charge in [0.2, 0.25) is 0 Å². The Bertz CT molecular complexity index is 387. The van der Waals surface area contributed by atoms with E-state index in [2.05, 4.69) is 11.4 Å². The molecule has 0 heterocycles. The Morgan fingerprint density at radius 2 is 1.30 bits per heavy atom. The smallest absolute Gasteiger partial charge is 0.387 e. The monoisotopic (exact) mass is 410 g/mol. The molecule has 0 aromatic carbocycles. The van der Waals surface area contributed by atoms with E-state index in [1.807, 2.05) is 14.1 Å². The van der Waals surface area contributed by atoms with Gasteiger partial charge in [-0.3, -0.25) is 4.52 Å². The first-order valence-corrected chi connectivity index (χ1v) is 12.4. The highest BCUT2D eigenvalue weighted by Gasteiger charge is 2.22. The van der Waals surface area contributed by atoms with Gasteiger partial charge < -0.3 is 19.4 Å². The number of aliphatic hydroxyl groups is 1. The van der Waals surface area contributed by atoms with Crippen molar-refractivity contribution in [1.29, 1.82) is 0 Å². The third-order valence-electron chi connectivity index (χ3n) is 5.05. The number of rotatable bonds is 19. The van der Waals surface area contributed by atoms with Crippen molar-refractivity contribution in [2.24, 2.45) is 0 Å². The van der Waals surface area contributed by atoms with Crippen LogP contribution in [0.4, 0.5) is 0 Å². The minimum atomic E-state index is -4.40. The van der Waals surface area contributed by atoms with Gasteiger partial charge >= 0.3 is 7.82 Å². The number of hydrogen-bond acceptors (Lipinski definition) is 3. The Morgan fingerprint density at radius 1 is 0.852 bits per heavy atom. The highest BCUT2D eigenvalue weighted by Crippen LogP contribution is 2.35. The fourth-order valence-corrected chi connectivity index (χ4v) is 3.70. The van der Waals surface area contributed by atoms with Gasteiger partial charge in [-0.2, -0.15) is 0 Å². The van der Waals surface area contributed by atoms with Crippen LogP contribution in [0.3, 0.4) is 0 Å². The van der Waals surface area contributed by atoms with E-state index in [1.54, 1.807) is 0 Å². The molecule has 0 radical (unpaired) electrons. The number of unbranched alkanes of at least 4 members (excludes halogenated alkanes) is 11. The molecule has 0 aliphatic heterocycles. The molecule has 0 aromatic heterocycles. The predicted molar refractivity (Wildman–Crippen MR) is 112 cm³/mol. The summed E-state index contributed by atoms with van der Waals surface area (Å²) in [5.41, 5.74) is 0. The van der Waals surface area contributed by atoms with Crippen molar-refractivity contribution >= 4 is 7.82 Å². The van der Waals surface area contributed by atoms with Crippen LogP contribution in [0.1, 0.15) is 90.4 Å². The Morgan fingerprint density at radius 3 is 1.74 bits per heavy atom. The zero-order chi connectivity index (χ0) is 20.6. The average Bonchev–Trinajstić information content (AvgIpc) is 2.54. The molecule has 0 rings (SSSR count). The summed E-state index contributed by atoms with van der Waals surface area (Å²) in [7, 11) is -0.523. The highest BCUT2D eigenvalue weighted by atomic mass is 31.2. The molecule has 0 aliphatic rings. The van der Waals surface area contributed by atoms with Gasteiger partial charge in [0.25, 0.3) is 0 Å². The summed E-state index contributed by atoms with van der Waals surface area (Å²) >= 11 is 0. The fraction of sp³-hybridized carbons (Fsp3) is 1.00. The maximum absolute atomic E-state index is 10.7. The molecule has 0 fully saturated rings. The van der Waals surface area contributed by atoms with Crippen LogP contribution in [-0.4, -0.2) is 59.3 Å². The van der Waals surface area contributed by atoms with Gasteiger partial charge in [0.05, 0.1) is 14.1 Å². The van der Waals surface area contributed by atoms with Crippen molar-refractivity contribution in [2.75, 3.05) is 33.8 Å². The third-order valence-corrected chi connectivity index (χ3v) is 5.57. The first kappa shape index (κ1) is 27.0. The van der Waals surface area contributed by atoms with Gasteiger partial charge in [-0.05, 0) is 6.42 Å². The van der Waals surface area contributed by atoms with Gasteiger partial charge in [0, 0.05) is 0 Å². The molecular formula is C20H45NO5P+. The number of aliphatic hydroxyl groups excluding tert-OH is 1. The van der Waals surface area contributed by atoms with Crippen LogP contribution in [0.25, 0.3) is 0 Å². The standard InChI is InChI=1S/C20H44NO5P/c1-4-5-6-7-8-9-10-11-12-13-14-15-16-20(22)19-21(2,3)17-18-26-27(23,24)25/h20,22H,4-19H2,1-3H3,(H-,23,24,25)/p+1. The zero-order valence-electron chi connectivity index (χ0n) is 17.9. The number of likely N-dealkylation sites (N-methyl/N-ethyl adjacent to an activating group) is 1. The molecule has 3 N–H and O–H groups in total. The summed E-state index contributed by atoms with van der Waals surface area (Å²) in [5.74, 6) is 0. The molecule has 27 heavy (non-hydrogen) atoms. The molecule has 7 heteroatoms. The molecular weight excluding hydrogens is 365 g/mol. The summed E-state index contributed by atoms with van der Waals surface area (Å²) in [4.78, 5) is 17.4. The Balaban J connectivity index is 3.52. The summed E-state index contributed by atoms with van der Waals surface area (Å²) in [6, 6.07) is 0. The highest BCUT2D eigenvalue weighted by molar-refractivity contribution is 7.46. The van der Waals surface area contributed by atoms with E-state index < -0.39 is 7.82 Å². The number of phosphoric acid groups is 1. The van der Waals surface area contributed by atoms with Crippen LogP contribution in [0, 0.1) is 0 Å². The van der Waals surface area contributed by atoms with Crippen LogP contribution < -0.4 is 0 Å². The van der Waals surface area contributed by atoms with Crippen LogP contribution in [-0.2, 0) is 9.09 Å². The molecule has 0 aliphatic carbocycles. The molecule has 0 amide bonds. The lowest BCUT2D eigenvalue weighted by Crippen LogP contribution is -2.47. The maximum atomic E-state index is 10.7. The molecule has 6 nitrogen and oxygen atoms in total. The second-order valence-electron chi connectivity index (χ2n) is 8.50. The third kappa shape index (κ3) is 20.6. The largest absolute Gasteiger partial charge is 0.469 e. The lowest BCUT2D eigenvalue weighted by molar-refractivity contribution is -0.893. The predicted octanol–water partition coefficient (Wildman–Crippen LogP) is 4.62. The fourth-order valence-electron chi connectivity index (χ4n) is 3.38. The van der Waals surface area contributed by atoms with Crippen LogP contribution >= 0.6 is 7.82 Å². The molecule has 1 atom stereocenters. The van der Waals surface area contributed by atoms with E-state index in [9.17, 15) is 9.67 Å². The van der Waals surface area contributed by atoms with E-state index in [4.69, 9.17) is 9.79 Å². The summed E-state index contributed by atoms with van der Waals surface area (Å²) in [6.07, 6.45) is 16.1. The molecule has 1 unspecified atom stereocenters. The molecule has 164 valence electrons. The molecule has 0 spiro atoms. The SMILES string of the molecule is CCCCCCCCCCCCCCC(O)C[N+](C)(C)CCOP(=O)(O)O. The van der Waals surface area contributed by atoms with Gasteiger partial charge in [-0.25, -0.2) is 4.57 Å². The maximum Gasteiger partial charge on any atom is 0.469 e. The summed E-state index contributed by atoms with van der Waals surface area (Å²) < 4.78 is 15.7. The van der Waals surface area contributed by atoms with Gasteiger partial charge in [-0.1, -0.05) is 84.0 Å². The van der Waals surface area contributed by atoms with Crippen molar-refractivity contribution in [3.63, 3.8) is 0 Å². The van der Waals surface area contributed by atoms with Crippen LogP contribution in [0.15, 0.2) is 0 Å². The van der Waals surface area contributed by atoms with Gasteiger partial charge in [0.15, 0.2) is 0 Å². The Kier molecular flexibility index (Phi) is 15.9. The van der Waals surface area contributed by atoms with Crippen molar-refractivity contribution in [2.45, 2.75) is 96.5 Å². The van der Waals surface area contributed by atoms with Gasteiger partial charge in [0.1, 0.15) is 25.8 Å². The molecule has 0 bridgehead atoms. The average molecular weight is 411 g/mol. The van der Waals surface area contributed by atoms with Crippen molar-refractivity contribution in [1.82, 2.24) is 0 Å². The van der Waals surface area contributed by atoms with Crippen molar-refractivity contribution in [3.05, 3.63) is 0 Å². The first-order chi connectivity index (χ1) is 12.7. The second-order valence-corrected chi connectivity index (χ2v) is 9.74. The number of nitrogens with zero attached hydrogens (tertiary/aromatic N) is 1. The van der Waals surface area contributed by atoms with E-state index in [-0.39, 0.29) is 12.7 Å². The summed E-state index contributed by atoms with van der Waals surface area (Å²) in [5, 5.41) is 10.2. The van der Waals surface area contributed by atoms with E-state index >= 15 is 0 Å².